The van der Waals surface area contributed by atoms with E-state index in [4.69, 9.17) is 9.47 Å². The van der Waals surface area contributed by atoms with Crippen LogP contribution in [0.4, 0.5) is 5.69 Å². The first-order valence-electron chi connectivity index (χ1n) is 7.16. The van der Waals surface area contributed by atoms with Gasteiger partial charge in [-0.3, -0.25) is 9.00 Å². The first-order valence-corrected chi connectivity index (χ1v) is 8.48. The summed E-state index contributed by atoms with van der Waals surface area (Å²) in [6.07, 6.45) is 0. The maximum Gasteiger partial charge on any atom is 0.258 e. The fourth-order valence-corrected chi connectivity index (χ4v) is 3.79. The van der Waals surface area contributed by atoms with Crippen molar-refractivity contribution in [3.05, 3.63) is 48.0 Å². The van der Waals surface area contributed by atoms with Crippen LogP contribution in [0, 0.1) is 0 Å². The molecule has 6 heteroatoms. The Hall–Kier alpha value is -2.34. The molecule has 1 unspecified atom stereocenters. The standard InChI is InChI=1S/C17H17NO4S/c1-21-13-9-12(10-14(11-13)22-2)17(19)18-7-8-23(20)16-6-4-3-5-15(16)18/h3-6,9-11H,7-8H2,1-2H3. The second-order valence-corrected chi connectivity index (χ2v) is 6.61. The molecule has 0 aromatic heterocycles. The van der Waals surface area contributed by atoms with E-state index in [1.807, 2.05) is 18.2 Å². The van der Waals surface area contributed by atoms with E-state index in [9.17, 15) is 9.00 Å². The largest absolute Gasteiger partial charge is 0.497 e. The summed E-state index contributed by atoms with van der Waals surface area (Å²) in [5.74, 6) is 1.39. The summed E-state index contributed by atoms with van der Waals surface area (Å²) in [4.78, 5) is 15.3. The Morgan fingerprint density at radius 1 is 1.09 bits per heavy atom. The summed E-state index contributed by atoms with van der Waals surface area (Å²) < 4.78 is 22.6. The molecular weight excluding hydrogens is 314 g/mol. The third-order valence-electron chi connectivity index (χ3n) is 3.75. The smallest absolute Gasteiger partial charge is 0.258 e. The van der Waals surface area contributed by atoms with Crippen molar-refractivity contribution in [2.45, 2.75) is 4.90 Å². The molecule has 0 N–H and O–H groups in total. The summed E-state index contributed by atoms with van der Waals surface area (Å²) in [5, 5.41) is 0. The van der Waals surface area contributed by atoms with Crippen molar-refractivity contribution in [3.63, 3.8) is 0 Å². The van der Waals surface area contributed by atoms with Gasteiger partial charge in [0.2, 0.25) is 0 Å². The summed E-state index contributed by atoms with van der Waals surface area (Å²) >= 11 is 0. The van der Waals surface area contributed by atoms with Gasteiger partial charge in [0.25, 0.3) is 5.91 Å². The molecule has 0 fully saturated rings. The molecule has 0 radical (unpaired) electrons. The highest BCUT2D eigenvalue weighted by Gasteiger charge is 2.27. The molecule has 2 aromatic rings. The maximum atomic E-state index is 12.9. The number of hydrogen-bond acceptors (Lipinski definition) is 4. The molecule has 1 atom stereocenters. The van der Waals surface area contributed by atoms with Crippen LogP contribution >= 0.6 is 0 Å². The summed E-state index contributed by atoms with van der Waals surface area (Å²) in [7, 11) is 2.02. The van der Waals surface area contributed by atoms with Crippen molar-refractivity contribution in [2.24, 2.45) is 0 Å². The number of nitrogens with zero attached hydrogens (tertiary/aromatic N) is 1. The zero-order chi connectivity index (χ0) is 16.4. The average molecular weight is 331 g/mol. The van der Waals surface area contributed by atoms with Crippen LogP contribution in [0.2, 0.25) is 0 Å². The van der Waals surface area contributed by atoms with Gasteiger partial charge in [-0.15, -0.1) is 0 Å². The molecule has 3 rings (SSSR count). The SMILES string of the molecule is COc1cc(OC)cc(C(=O)N2CCS(=O)c3ccccc32)c1. The van der Waals surface area contributed by atoms with Gasteiger partial charge in [0.15, 0.2) is 0 Å². The lowest BCUT2D eigenvalue weighted by molar-refractivity contribution is 0.0987. The fraction of sp³-hybridized carbons (Fsp3) is 0.235. The Morgan fingerprint density at radius 3 is 2.39 bits per heavy atom. The third kappa shape index (κ3) is 2.94. The highest BCUT2D eigenvalue weighted by molar-refractivity contribution is 7.85. The molecule has 0 aliphatic carbocycles. The number of ether oxygens (including phenoxy) is 2. The number of benzene rings is 2. The quantitative estimate of drug-likeness (QED) is 0.867. The van der Waals surface area contributed by atoms with E-state index in [0.29, 0.717) is 39.9 Å². The molecule has 1 heterocycles. The number of amides is 1. The van der Waals surface area contributed by atoms with Crippen molar-refractivity contribution in [1.82, 2.24) is 0 Å². The zero-order valence-electron chi connectivity index (χ0n) is 12.9. The van der Waals surface area contributed by atoms with Gasteiger partial charge >= 0.3 is 0 Å². The van der Waals surface area contributed by atoms with Gasteiger partial charge in [-0.1, -0.05) is 12.1 Å². The molecule has 23 heavy (non-hydrogen) atoms. The van der Waals surface area contributed by atoms with Gasteiger partial charge in [0.05, 0.1) is 35.6 Å². The van der Waals surface area contributed by atoms with E-state index >= 15 is 0 Å². The van der Waals surface area contributed by atoms with Crippen molar-refractivity contribution < 1.29 is 18.5 Å². The summed E-state index contributed by atoms with van der Waals surface area (Å²) in [5.41, 5.74) is 1.17. The zero-order valence-corrected chi connectivity index (χ0v) is 13.8. The molecule has 2 aromatic carbocycles. The normalized spacial score (nSPS) is 16.6. The predicted octanol–water partition coefficient (Wildman–Crippen LogP) is 2.47. The van der Waals surface area contributed by atoms with Crippen molar-refractivity contribution in [3.8, 4) is 11.5 Å². The molecule has 0 spiro atoms. The Morgan fingerprint density at radius 2 is 1.74 bits per heavy atom. The van der Waals surface area contributed by atoms with E-state index in [-0.39, 0.29) is 5.91 Å². The second-order valence-electron chi connectivity index (χ2n) is 5.08. The van der Waals surface area contributed by atoms with Crippen LogP contribution < -0.4 is 14.4 Å². The number of rotatable bonds is 3. The lowest BCUT2D eigenvalue weighted by atomic mass is 10.1. The molecule has 0 saturated heterocycles. The van der Waals surface area contributed by atoms with Crippen LogP contribution in [0.25, 0.3) is 0 Å². The van der Waals surface area contributed by atoms with Crippen LogP contribution in [-0.2, 0) is 10.8 Å². The lowest BCUT2D eigenvalue weighted by Crippen LogP contribution is -2.38. The van der Waals surface area contributed by atoms with E-state index in [1.165, 1.54) is 0 Å². The highest BCUT2D eigenvalue weighted by Crippen LogP contribution is 2.31. The van der Waals surface area contributed by atoms with E-state index in [1.54, 1.807) is 43.4 Å². The molecule has 0 bridgehead atoms. The average Bonchev–Trinajstić information content (AvgIpc) is 2.61. The van der Waals surface area contributed by atoms with Crippen LogP contribution in [0.15, 0.2) is 47.4 Å². The number of fused-ring (bicyclic) bond motifs is 1. The number of carbonyl (C=O) groups is 1. The second kappa shape index (κ2) is 6.42. The summed E-state index contributed by atoms with van der Waals surface area (Å²) in [6, 6.07) is 12.4. The van der Waals surface area contributed by atoms with Gasteiger partial charge in [0.1, 0.15) is 11.5 Å². The number of hydrogen-bond donors (Lipinski definition) is 0. The Labute approximate surface area is 137 Å². The van der Waals surface area contributed by atoms with Gasteiger partial charge in [-0.2, -0.15) is 0 Å². The van der Waals surface area contributed by atoms with Crippen molar-refractivity contribution in [2.75, 3.05) is 31.4 Å². The molecule has 120 valence electrons. The molecule has 1 aliphatic rings. The van der Waals surface area contributed by atoms with Gasteiger partial charge in [-0.25, -0.2) is 0 Å². The number of methoxy groups -OCH3 is 2. The Bertz CT molecular complexity index is 753. The van der Waals surface area contributed by atoms with Crippen LogP contribution in [0.5, 0.6) is 11.5 Å². The van der Waals surface area contributed by atoms with E-state index in [2.05, 4.69) is 0 Å². The Balaban J connectivity index is 2.01. The molecule has 1 aliphatic heterocycles. The topological polar surface area (TPSA) is 55.8 Å². The minimum Gasteiger partial charge on any atom is -0.497 e. The third-order valence-corrected chi connectivity index (χ3v) is 5.13. The van der Waals surface area contributed by atoms with Gasteiger partial charge < -0.3 is 14.4 Å². The minimum atomic E-state index is -1.06. The van der Waals surface area contributed by atoms with Crippen LogP contribution in [0.1, 0.15) is 10.4 Å². The van der Waals surface area contributed by atoms with E-state index in [0.717, 1.165) is 0 Å². The molecule has 0 saturated carbocycles. The fourth-order valence-electron chi connectivity index (χ4n) is 2.57. The first kappa shape index (κ1) is 15.6. The molecule has 1 amide bonds. The van der Waals surface area contributed by atoms with Crippen LogP contribution in [-0.4, -0.2) is 36.6 Å². The summed E-state index contributed by atoms with van der Waals surface area (Å²) in [6.45, 7) is 0.419. The Kier molecular flexibility index (Phi) is 4.34. The minimum absolute atomic E-state index is 0.161. The predicted molar refractivity (Wildman–Crippen MR) is 88.9 cm³/mol. The monoisotopic (exact) mass is 331 g/mol. The number of anilines is 1. The molecule has 5 nitrogen and oxygen atoms in total. The molecular formula is C17H17NO4S. The van der Waals surface area contributed by atoms with E-state index < -0.39 is 10.8 Å². The number of carbonyl (C=O) groups excluding carboxylic acids is 1. The number of para-hydroxylation sites is 1. The lowest BCUT2D eigenvalue weighted by Gasteiger charge is -2.29. The van der Waals surface area contributed by atoms with Crippen molar-refractivity contribution in [1.29, 1.82) is 0 Å². The highest BCUT2D eigenvalue weighted by atomic mass is 32.2. The maximum absolute atomic E-state index is 12.9. The van der Waals surface area contributed by atoms with Crippen molar-refractivity contribution >= 4 is 22.4 Å². The first-order chi connectivity index (χ1) is 11.1. The van der Waals surface area contributed by atoms with Gasteiger partial charge in [-0.05, 0) is 24.3 Å². The van der Waals surface area contributed by atoms with Crippen LogP contribution in [0.3, 0.4) is 0 Å². The van der Waals surface area contributed by atoms with Gasteiger partial charge in [0, 0.05) is 23.9 Å².